The summed E-state index contributed by atoms with van der Waals surface area (Å²) in [7, 11) is 1.78. The number of tetrazole rings is 1. The van der Waals surface area contributed by atoms with Gasteiger partial charge in [-0.2, -0.15) is 0 Å². The predicted molar refractivity (Wildman–Crippen MR) is 79.7 cm³/mol. The van der Waals surface area contributed by atoms with E-state index in [2.05, 4.69) is 26.3 Å². The molecule has 1 aromatic heterocycles. The molecule has 0 aromatic carbocycles. The van der Waals surface area contributed by atoms with E-state index < -0.39 is 0 Å². The number of hydrogen-bond donors (Lipinski definition) is 0. The van der Waals surface area contributed by atoms with Gasteiger partial charge in [0, 0.05) is 33.2 Å². The van der Waals surface area contributed by atoms with Crippen LogP contribution in [0, 0.1) is 24.2 Å². The van der Waals surface area contributed by atoms with E-state index in [1.807, 2.05) is 4.68 Å². The van der Waals surface area contributed by atoms with E-state index in [0.717, 1.165) is 51.3 Å². The van der Waals surface area contributed by atoms with Crippen molar-refractivity contribution in [1.82, 2.24) is 20.2 Å². The quantitative estimate of drug-likeness (QED) is 0.766. The maximum Gasteiger partial charge on any atom is 0.245 e. The van der Waals surface area contributed by atoms with E-state index in [-0.39, 0.29) is 0 Å². The number of rotatable bonds is 5. The van der Waals surface area contributed by atoms with Gasteiger partial charge >= 0.3 is 0 Å². The predicted octanol–water partition coefficient (Wildman–Crippen LogP) is 1.34. The lowest BCUT2D eigenvalue weighted by Gasteiger charge is -2.35. The van der Waals surface area contributed by atoms with Crippen LogP contribution < -0.4 is 4.90 Å². The van der Waals surface area contributed by atoms with Gasteiger partial charge in [0.15, 0.2) is 0 Å². The van der Waals surface area contributed by atoms with E-state index in [4.69, 9.17) is 11.2 Å². The Balaban J connectivity index is 1.61. The first-order valence-corrected chi connectivity index (χ1v) is 7.77. The average Bonchev–Trinajstić information content (AvgIpc) is 2.91. The molecule has 0 amide bonds. The minimum Gasteiger partial charge on any atom is -0.381 e. The van der Waals surface area contributed by atoms with Crippen LogP contribution in [0.25, 0.3) is 0 Å². The van der Waals surface area contributed by atoms with Gasteiger partial charge in [-0.25, -0.2) is 4.68 Å². The van der Waals surface area contributed by atoms with E-state index in [0.29, 0.717) is 17.9 Å². The van der Waals surface area contributed by atoms with E-state index >= 15 is 0 Å². The summed E-state index contributed by atoms with van der Waals surface area (Å²) >= 11 is 0. The van der Waals surface area contributed by atoms with E-state index in [9.17, 15) is 0 Å². The maximum atomic E-state index is 5.45. The molecule has 2 fully saturated rings. The van der Waals surface area contributed by atoms with Crippen molar-refractivity contribution in [2.75, 3.05) is 25.1 Å². The van der Waals surface area contributed by atoms with Crippen molar-refractivity contribution >= 4 is 5.95 Å². The highest BCUT2D eigenvalue weighted by atomic mass is 16.5. The molecule has 1 saturated heterocycles. The molecule has 0 spiro atoms. The number of methoxy groups -OCH3 is 1. The number of anilines is 1. The van der Waals surface area contributed by atoms with Crippen LogP contribution in [-0.4, -0.2) is 46.5 Å². The van der Waals surface area contributed by atoms with Gasteiger partial charge in [-0.05, 0) is 47.9 Å². The Morgan fingerprint density at radius 1 is 1.38 bits per heavy atom. The summed E-state index contributed by atoms with van der Waals surface area (Å²) in [5.41, 5.74) is 0. The first-order valence-electron chi connectivity index (χ1n) is 7.77. The highest BCUT2D eigenvalue weighted by Crippen LogP contribution is 2.32. The fourth-order valence-corrected chi connectivity index (χ4v) is 3.39. The zero-order valence-electron chi connectivity index (χ0n) is 12.6. The minimum absolute atomic E-state index is 0.421. The Bertz CT molecular complexity index is 502. The molecule has 0 radical (unpaired) electrons. The fourth-order valence-electron chi connectivity index (χ4n) is 3.39. The zero-order chi connectivity index (χ0) is 14.7. The van der Waals surface area contributed by atoms with Gasteiger partial charge < -0.3 is 9.64 Å². The SMILES string of the molecule is C#CCC1CCCN(c2nnnn2CC2CC(OC)C2)C1. The molecule has 1 unspecified atom stereocenters. The fraction of sp³-hybridized carbons (Fsp3) is 0.800. The first-order chi connectivity index (χ1) is 10.3. The second-order valence-corrected chi connectivity index (χ2v) is 6.22. The molecule has 1 atom stereocenters. The Labute approximate surface area is 125 Å². The molecule has 2 aliphatic rings. The van der Waals surface area contributed by atoms with Crippen molar-refractivity contribution in [3.05, 3.63) is 0 Å². The Morgan fingerprint density at radius 3 is 3.00 bits per heavy atom. The molecule has 114 valence electrons. The van der Waals surface area contributed by atoms with Crippen LogP contribution in [0.1, 0.15) is 32.1 Å². The van der Waals surface area contributed by atoms with Crippen molar-refractivity contribution < 1.29 is 4.74 Å². The van der Waals surface area contributed by atoms with Gasteiger partial charge in [0.2, 0.25) is 5.95 Å². The van der Waals surface area contributed by atoms with Crippen LogP contribution in [0.3, 0.4) is 0 Å². The highest BCUT2D eigenvalue weighted by Gasteiger charge is 2.31. The molecule has 6 heteroatoms. The Morgan fingerprint density at radius 2 is 2.24 bits per heavy atom. The topological polar surface area (TPSA) is 56.1 Å². The smallest absolute Gasteiger partial charge is 0.245 e. The lowest BCUT2D eigenvalue weighted by atomic mass is 9.82. The lowest BCUT2D eigenvalue weighted by molar-refractivity contribution is -0.00552. The Kier molecular flexibility index (Phi) is 4.39. The Hall–Kier alpha value is -1.61. The second-order valence-electron chi connectivity index (χ2n) is 6.22. The lowest BCUT2D eigenvalue weighted by Crippen LogP contribution is -2.38. The molecule has 0 bridgehead atoms. The van der Waals surface area contributed by atoms with Gasteiger partial charge in [0.05, 0.1) is 6.10 Å². The van der Waals surface area contributed by atoms with Crippen molar-refractivity contribution in [2.24, 2.45) is 11.8 Å². The molecule has 3 rings (SSSR count). The molecule has 1 aliphatic carbocycles. The van der Waals surface area contributed by atoms with Gasteiger partial charge in [-0.3, -0.25) is 0 Å². The summed E-state index contributed by atoms with van der Waals surface area (Å²) in [6, 6.07) is 0. The molecule has 0 N–H and O–H groups in total. The number of aromatic nitrogens is 4. The van der Waals surface area contributed by atoms with E-state index in [1.54, 1.807) is 7.11 Å². The van der Waals surface area contributed by atoms with Crippen LogP contribution in [0.2, 0.25) is 0 Å². The second kappa shape index (κ2) is 6.44. The highest BCUT2D eigenvalue weighted by molar-refractivity contribution is 5.29. The van der Waals surface area contributed by atoms with Gasteiger partial charge in [-0.1, -0.05) is 5.10 Å². The standard InChI is InChI=1S/C15H23N5O/c1-3-5-12-6-4-7-19(10-12)15-16-17-18-20(15)11-13-8-14(9-13)21-2/h1,12-14H,4-11H2,2H3. The summed E-state index contributed by atoms with van der Waals surface area (Å²) in [6.45, 7) is 2.88. The summed E-state index contributed by atoms with van der Waals surface area (Å²) in [5, 5.41) is 12.3. The van der Waals surface area contributed by atoms with Crippen LogP contribution in [0.4, 0.5) is 5.95 Å². The molecular weight excluding hydrogens is 266 g/mol. The van der Waals surface area contributed by atoms with Crippen molar-refractivity contribution in [1.29, 1.82) is 0 Å². The van der Waals surface area contributed by atoms with E-state index in [1.165, 1.54) is 6.42 Å². The summed E-state index contributed by atoms with van der Waals surface area (Å²) < 4.78 is 7.29. The number of ether oxygens (including phenoxy) is 1. The van der Waals surface area contributed by atoms with Gasteiger partial charge in [0.1, 0.15) is 0 Å². The summed E-state index contributed by atoms with van der Waals surface area (Å²) in [6.07, 6.45) is 11.3. The molecule has 1 saturated carbocycles. The van der Waals surface area contributed by atoms with Gasteiger partial charge in [0.25, 0.3) is 0 Å². The average molecular weight is 289 g/mol. The van der Waals surface area contributed by atoms with Crippen molar-refractivity contribution in [3.8, 4) is 12.3 Å². The summed E-state index contributed by atoms with van der Waals surface area (Å²) in [5.74, 6) is 4.87. The maximum absolute atomic E-state index is 5.45. The molecular formula is C15H23N5O. The largest absolute Gasteiger partial charge is 0.381 e. The number of nitrogens with zero attached hydrogens (tertiary/aromatic N) is 5. The van der Waals surface area contributed by atoms with Crippen LogP contribution >= 0.6 is 0 Å². The van der Waals surface area contributed by atoms with Crippen molar-refractivity contribution in [2.45, 2.75) is 44.8 Å². The first kappa shape index (κ1) is 14.3. The molecule has 6 nitrogen and oxygen atoms in total. The third kappa shape index (κ3) is 3.18. The third-order valence-corrected chi connectivity index (χ3v) is 4.68. The molecule has 1 aliphatic heterocycles. The van der Waals surface area contributed by atoms with Crippen LogP contribution in [-0.2, 0) is 11.3 Å². The molecule has 2 heterocycles. The third-order valence-electron chi connectivity index (χ3n) is 4.68. The zero-order valence-corrected chi connectivity index (χ0v) is 12.6. The van der Waals surface area contributed by atoms with Crippen molar-refractivity contribution in [3.63, 3.8) is 0 Å². The number of terminal acetylenes is 1. The van der Waals surface area contributed by atoms with Crippen LogP contribution in [0.15, 0.2) is 0 Å². The molecule has 1 aromatic rings. The van der Waals surface area contributed by atoms with Gasteiger partial charge in [-0.15, -0.1) is 12.3 Å². The monoisotopic (exact) mass is 289 g/mol. The molecule has 21 heavy (non-hydrogen) atoms. The number of hydrogen-bond acceptors (Lipinski definition) is 5. The minimum atomic E-state index is 0.421. The normalized spacial score (nSPS) is 29.0. The summed E-state index contributed by atoms with van der Waals surface area (Å²) in [4.78, 5) is 2.29. The number of piperidine rings is 1. The van der Waals surface area contributed by atoms with Crippen LogP contribution in [0.5, 0.6) is 0 Å².